The summed E-state index contributed by atoms with van der Waals surface area (Å²) in [7, 11) is 1.89. The van der Waals surface area contributed by atoms with Crippen molar-refractivity contribution in [2.24, 2.45) is 71.0 Å². The zero-order chi connectivity index (χ0) is 66.6. The van der Waals surface area contributed by atoms with E-state index in [1.165, 1.54) is 44.9 Å². The number of ketones is 4. The molecule has 14 atom stereocenters. The average Bonchev–Trinajstić information content (AvgIpc) is 1.63. The van der Waals surface area contributed by atoms with Gasteiger partial charge in [-0.1, -0.05) is 48.6 Å². The number of Topliss-reactive ketones (excluding diaryl/α,β-unsaturated/α-hetero) is 4. The van der Waals surface area contributed by atoms with Crippen LogP contribution in [0, 0.1) is 71.0 Å². The van der Waals surface area contributed by atoms with Gasteiger partial charge >= 0.3 is 0 Å². The monoisotopic (exact) mass is 1310 g/mol. The van der Waals surface area contributed by atoms with Gasteiger partial charge in [-0.2, -0.15) is 0 Å². The highest BCUT2D eigenvalue weighted by atomic mass is 19.1. The normalized spacial score (nSPS) is 38.1. The number of anilines is 4. The molecule has 16 fully saturated rings. The number of halogens is 1. The molecule has 6 N–H and O–H groups in total. The number of aromatic nitrogens is 4. The van der Waals surface area contributed by atoms with Crippen LogP contribution in [0.1, 0.15) is 243 Å². The molecular weight excluding hydrogens is 1220 g/mol. The molecule has 20 aliphatic carbocycles. The second-order valence-electron chi connectivity index (χ2n) is 33.8. The highest BCUT2D eigenvalue weighted by molar-refractivity contribution is 6.04. The number of allylic oxidation sites excluding steroid dienone is 4. The van der Waals surface area contributed by atoms with E-state index < -0.39 is 16.9 Å². The molecule has 10 unspecified atom stereocenters. The summed E-state index contributed by atoms with van der Waals surface area (Å²) in [4.78, 5) is 66.4. The summed E-state index contributed by atoms with van der Waals surface area (Å²) < 4.78 is 20.9. The van der Waals surface area contributed by atoms with Crippen molar-refractivity contribution in [2.45, 2.75) is 228 Å². The zero-order valence-electron chi connectivity index (χ0n) is 57.2. The van der Waals surface area contributed by atoms with Crippen molar-refractivity contribution in [3.8, 4) is 0 Å². The fourth-order valence-electron chi connectivity index (χ4n) is 24.2. The minimum atomic E-state index is -0.918. The van der Waals surface area contributed by atoms with Gasteiger partial charge in [0.1, 0.15) is 5.67 Å². The van der Waals surface area contributed by atoms with Crippen LogP contribution in [-0.4, -0.2) is 107 Å². The van der Waals surface area contributed by atoms with E-state index in [0.717, 1.165) is 176 Å². The molecule has 0 saturated heterocycles. The molecule has 4 heterocycles. The van der Waals surface area contributed by atoms with Crippen molar-refractivity contribution in [1.82, 2.24) is 19.9 Å². The smallest absolute Gasteiger partial charge is 0.163 e. The summed E-state index contributed by atoms with van der Waals surface area (Å²) >= 11 is 0. The summed E-state index contributed by atoms with van der Waals surface area (Å²) in [5.41, 5.74) is 13.7. The molecule has 0 amide bonds. The van der Waals surface area contributed by atoms with Gasteiger partial charge in [-0.15, -0.1) is 0 Å². The first-order valence-electron chi connectivity index (χ1n) is 37.2. The van der Waals surface area contributed by atoms with Gasteiger partial charge in [-0.3, -0.25) is 39.1 Å². The fourth-order valence-corrected chi connectivity index (χ4v) is 24.2. The Morgan fingerprint density at radius 3 is 0.907 bits per heavy atom. The number of aliphatic hydroxyl groups is 2. The molecule has 4 aromatic heterocycles. The largest absolute Gasteiger partial charge is 0.390 e. The number of nitrogens with one attached hydrogen (secondary N) is 4. The Labute approximate surface area is 570 Å². The quantitative estimate of drug-likeness (QED) is 0.0686. The number of fused-ring (bicyclic) bond motifs is 4. The molecule has 16 bridgehead atoms. The average molecular weight is 1310 g/mol. The van der Waals surface area contributed by atoms with Gasteiger partial charge in [0.15, 0.2) is 23.1 Å². The van der Waals surface area contributed by atoms with E-state index in [1.54, 1.807) is 52.5 Å². The van der Waals surface area contributed by atoms with Gasteiger partial charge in [0, 0.05) is 104 Å². The number of pyridine rings is 4. The fraction of sp³-hybridized carbons (Fsp3) is 0.605. The number of carbonyl (C=O) groups is 4. The standard InChI is InChI=1S/C21H26N2O2.C20H23FN2O.2C20H24N2O2/c1-12(24)17-11-22-18-5-3-4-16(18)20(17)23-19-14-6-13-7-15(19)10-21(8-13,9-14)25-2;1-11(24)16-10-22-17-4-2-3-15(17)19(16)23-18-13-5-12-6-14(18)9-20(21,7-12)8-13;2*1-11(23)16-10-21-17-4-2-3-15(17)19(16)22-18-13-5-12-6-14(18)9-20(24,7-12)8-13/h3-4,11,13-15,19H,5-10H2,1-2H3,(H,22,23);2-3,10,12-14,18H,4-9H2,1H3,(H,22,23);2*2-3,10,12-14,18,24H,4-9H2,1H3,(H,21,22)/t;;2*12?,13-,14+,18?,20?. The summed E-state index contributed by atoms with van der Waals surface area (Å²) in [6.45, 7) is 6.48. The third-order valence-corrected chi connectivity index (χ3v) is 27.3. The van der Waals surface area contributed by atoms with Crippen LogP contribution in [0.3, 0.4) is 0 Å². The van der Waals surface area contributed by atoms with Crippen molar-refractivity contribution in [3.05, 3.63) is 116 Å². The topological polar surface area (TPSA) is 218 Å². The summed E-state index contributed by atoms with van der Waals surface area (Å²) in [6, 6.07) is 1.50. The second kappa shape index (κ2) is 24.0. The van der Waals surface area contributed by atoms with Gasteiger partial charge in [0.05, 0.1) is 84.6 Å². The van der Waals surface area contributed by atoms with E-state index in [1.807, 2.05) is 7.11 Å². The molecular formula is C81H97FN8O7. The number of carbonyl (C=O) groups excluding carboxylic acids is 4. The third-order valence-electron chi connectivity index (χ3n) is 27.3. The van der Waals surface area contributed by atoms with E-state index in [0.29, 0.717) is 119 Å². The lowest BCUT2D eigenvalue weighted by Crippen LogP contribution is -2.59. The summed E-state index contributed by atoms with van der Waals surface area (Å²) in [5.74, 6) is 7.25. The van der Waals surface area contributed by atoms with Gasteiger partial charge < -0.3 is 36.2 Å². The predicted octanol–water partition coefficient (Wildman–Crippen LogP) is 14.5. The predicted molar refractivity (Wildman–Crippen MR) is 375 cm³/mol. The maximum atomic E-state index is 14.9. The van der Waals surface area contributed by atoms with E-state index in [4.69, 9.17) is 4.74 Å². The Morgan fingerprint density at radius 2 is 0.649 bits per heavy atom. The molecule has 4 aromatic rings. The van der Waals surface area contributed by atoms with Crippen molar-refractivity contribution < 1.29 is 38.5 Å². The van der Waals surface area contributed by atoms with Crippen LogP contribution >= 0.6 is 0 Å². The molecule has 15 nitrogen and oxygen atoms in total. The first-order valence-corrected chi connectivity index (χ1v) is 37.2. The van der Waals surface area contributed by atoms with E-state index in [2.05, 4.69) is 89.8 Å². The molecule has 16 saturated carbocycles. The van der Waals surface area contributed by atoms with E-state index >= 15 is 0 Å². The van der Waals surface area contributed by atoms with Crippen LogP contribution in [0.5, 0.6) is 0 Å². The van der Waals surface area contributed by atoms with Crippen molar-refractivity contribution in [1.29, 1.82) is 0 Å². The Kier molecular flexibility index (Phi) is 15.7. The molecule has 97 heavy (non-hydrogen) atoms. The number of nitrogens with zero attached hydrogens (tertiary/aromatic N) is 4. The minimum absolute atomic E-state index is 0.0406. The number of hydrogen-bond acceptors (Lipinski definition) is 15. The van der Waals surface area contributed by atoms with Crippen LogP contribution in [0.25, 0.3) is 24.3 Å². The number of alkyl halides is 1. The van der Waals surface area contributed by atoms with Crippen LogP contribution < -0.4 is 21.3 Å². The number of rotatable bonds is 13. The molecule has 0 aromatic carbocycles. The highest BCUT2D eigenvalue weighted by Crippen LogP contribution is 2.62. The minimum Gasteiger partial charge on any atom is -0.390 e. The van der Waals surface area contributed by atoms with Crippen LogP contribution in [0.4, 0.5) is 27.1 Å². The molecule has 24 rings (SSSR count). The highest BCUT2D eigenvalue weighted by Gasteiger charge is 2.59. The van der Waals surface area contributed by atoms with Gasteiger partial charge in [0.25, 0.3) is 0 Å². The molecule has 0 aliphatic heterocycles. The Hall–Kier alpha value is -6.75. The maximum absolute atomic E-state index is 14.9. The van der Waals surface area contributed by atoms with Gasteiger partial charge in [-0.05, 0) is 227 Å². The van der Waals surface area contributed by atoms with Crippen LogP contribution in [0.2, 0.25) is 0 Å². The van der Waals surface area contributed by atoms with E-state index in [9.17, 15) is 33.8 Å². The van der Waals surface area contributed by atoms with Crippen molar-refractivity contribution in [2.75, 3.05) is 28.4 Å². The number of methoxy groups -OCH3 is 1. The summed E-state index contributed by atoms with van der Waals surface area (Å²) in [5, 5.41) is 36.7. The summed E-state index contributed by atoms with van der Waals surface area (Å²) in [6.07, 6.45) is 48.3. The first kappa shape index (κ1) is 63.7. The zero-order valence-corrected chi connectivity index (χ0v) is 57.2. The lowest BCUT2D eigenvalue weighted by Gasteiger charge is -2.59. The van der Waals surface area contributed by atoms with Crippen LogP contribution in [0.15, 0.2) is 49.1 Å². The molecule has 0 radical (unpaired) electrons. The molecule has 0 spiro atoms. The second-order valence-corrected chi connectivity index (χ2v) is 33.8. The lowest BCUT2D eigenvalue weighted by atomic mass is 9.52. The number of ether oxygens (including phenoxy) is 1. The third kappa shape index (κ3) is 11.4. The van der Waals surface area contributed by atoms with Gasteiger partial charge in [0.2, 0.25) is 0 Å². The van der Waals surface area contributed by atoms with Crippen molar-refractivity contribution >= 4 is 70.2 Å². The Balaban J connectivity index is 0.0000000975. The SMILES string of the molecule is CC(=O)c1cnc2c(c1NC1C3CC4CC1CC(F)(C4)C3)C=CC2.CC(=O)c1cnc2c(c1NC1[C@@H]3CC4C[C@H]1CC(O)(C4)C3)C=CC2.CC(=O)c1cnc2c(c1NC1[C@@H]3CC4C[C@H]1CC(O)(C4)C3)C=CC2.COC12CC3CC(C1)C(Nc1c(C(C)=O)cnc4c1C=CC4)C(C3)C2. The Bertz CT molecular complexity index is 3690. The molecule has 16 heteroatoms. The molecule has 510 valence electrons. The van der Waals surface area contributed by atoms with Gasteiger partial charge in [-0.25, -0.2) is 4.39 Å². The molecule has 20 aliphatic rings. The van der Waals surface area contributed by atoms with Crippen LogP contribution in [-0.2, 0) is 30.4 Å². The lowest BCUT2D eigenvalue weighted by molar-refractivity contribution is -0.149. The maximum Gasteiger partial charge on any atom is 0.163 e. The van der Waals surface area contributed by atoms with E-state index in [-0.39, 0.29) is 28.7 Å². The van der Waals surface area contributed by atoms with Crippen molar-refractivity contribution in [3.63, 3.8) is 0 Å². The first-order chi connectivity index (χ1) is 46.7. The Morgan fingerprint density at radius 1 is 0.392 bits per heavy atom. The number of hydrogen-bond donors (Lipinski definition) is 6.